The molecule has 0 saturated heterocycles. The third-order valence-corrected chi connectivity index (χ3v) is 3.63. The van der Waals surface area contributed by atoms with Crippen LogP contribution in [-0.4, -0.2) is 18.2 Å². The molecular formula is C16H23BrN2O2. The number of unbranched alkanes of at least 4 members (excludes halogenated alkanes) is 1. The monoisotopic (exact) mass is 354 g/mol. The van der Waals surface area contributed by atoms with Crippen molar-refractivity contribution in [3.05, 3.63) is 28.2 Å². The van der Waals surface area contributed by atoms with E-state index in [-0.39, 0.29) is 12.5 Å². The first-order chi connectivity index (χ1) is 10.1. The van der Waals surface area contributed by atoms with Crippen LogP contribution in [0, 0.1) is 6.92 Å². The quantitative estimate of drug-likeness (QED) is 0.561. The zero-order chi connectivity index (χ0) is 15.7. The molecule has 1 amide bonds. The molecule has 1 rings (SSSR count). The van der Waals surface area contributed by atoms with Gasteiger partial charge in [0.25, 0.3) is 5.91 Å². The molecule has 0 unspecified atom stereocenters. The van der Waals surface area contributed by atoms with E-state index in [0.717, 1.165) is 41.4 Å². The average Bonchev–Trinajstić information content (AvgIpc) is 2.46. The fraction of sp³-hybridized carbons (Fsp3) is 0.500. The van der Waals surface area contributed by atoms with E-state index < -0.39 is 0 Å². The van der Waals surface area contributed by atoms with Crippen LogP contribution >= 0.6 is 15.9 Å². The number of amides is 1. The van der Waals surface area contributed by atoms with Gasteiger partial charge in [0.1, 0.15) is 5.75 Å². The van der Waals surface area contributed by atoms with Crippen molar-refractivity contribution in [3.63, 3.8) is 0 Å². The largest absolute Gasteiger partial charge is 0.483 e. The molecule has 0 radical (unpaired) electrons. The Morgan fingerprint density at radius 2 is 2.14 bits per heavy atom. The van der Waals surface area contributed by atoms with Gasteiger partial charge in [0.2, 0.25) is 0 Å². The van der Waals surface area contributed by atoms with Gasteiger partial charge in [-0.15, -0.1) is 0 Å². The van der Waals surface area contributed by atoms with Crippen molar-refractivity contribution in [1.82, 2.24) is 5.43 Å². The molecule has 0 aliphatic rings. The number of benzene rings is 1. The number of nitrogens with one attached hydrogen (secondary N) is 1. The maximum absolute atomic E-state index is 11.7. The maximum Gasteiger partial charge on any atom is 0.277 e. The minimum absolute atomic E-state index is 0.0457. The normalized spacial score (nSPS) is 11.3. The van der Waals surface area contributed by atoms with Crippen molar-refractivity contribution < 1.29 is 9.53 Å². The Bertz CT molecular complexity index is 501. The van der Waals surface area contributed by atoms with Gasteiger partial charge in [0.05, 0.1) is 4.47 Å². The molecule has 0 spiro atoms. The summed E-state index contributed by atoms with van der Waals surface area (Å²) >= 11 is 3.41. The second-order valence-corrected chi connectivity index (χ2v) is 5.75. The summed E-state index contributed by atoms with van der Waals surface area (Å²) in [6.45, 7) is 6.13. The molecule has 0 atom stereocenters. The van der Waals surface area contributed by atoms with Crippen molar-refractivity contribution in [3.8, 4) is 5.75 Å². The van der Waals surface area contributed by atoms with E-state index in [1.165, 1.54) is 0 Å². The standard InChI is InChI=1S/C16H23BrN2O2/c1-4-6-7-13(5-2)18-19-16(20)11-21-15-9-8-12(3)10-14(15)17/h8-10H,4-7,11H2,1-3H3,(H,19,20)/b18-13+. The Hall–Kier alpha value is -1.36. The predicted octanol–water partition coefficient (Wildman–Crippen LogP) is 4.21. The molecule has 1 aromatic rings. The van der Waals surface area contributed by atoms with Crippen molar-refractivity contribution in [1.29, 1.82) is 0 Å². The number of ether oxygens (including phenoxy) is 1. The summed E-state index contributed by atoms with van der Waals surface area (Å²) in [6, 6.07) is 5.73. The minimum atomic E-state index is -0.245. The van der Waals surface area contributed by atoms with Crippen LogP contribution < -0.4 is 10.2 Å². The van der Waals surface area contributed by atoms with E-state index in [4.69, 9.17) is 4.74 Å². The third-order valence-electron chi connectivity index (χ3n) is 3.01. The maximum atomic E-state index is 11.7. The van der Waals surface area contributed by atoms with Gasteiger partial charge < -0.3 is 4.74 Å². The van der Waals surface area contributed by atoms with Crippen LogP contribution in [0.15, 0.2) is 27.8 Å². The first-order valence-electron chi connectivity index (χ1n) is 7.30. The molecule has 1 aromatic carbocycles. The Balaban J connectivity index is 2.44. The molecule has 4 nitrogen and oxygen atoms in total. The zero-order valence-corrected chi connectivity index (χ0v) is 14.5. The number of carbonyl (C=O) groups is 1. The molecule has 1 N–H and O–H groups in total. The molecule has 5 heteroatoms. The van der Waals surface area contributed by atoms with Crippen LogP contribution in [0.2, 0.25) is 0 Å². The second kappa shape index (κ2) is 9.55. The molecule has 0 fully saturated rings. The molecular weight excluding hydrogens is 332 g/mol. The van der Waals surface area contributed by atoms with E-state index in [0.29, 0.717) is 5.75 Å². The molecule has 0 heterocycles. The smallest absolute Gasteiger partial charge is 0.277 e. The molecule has 0 aliphatic heterocycles. The summed E-state index contributed by atoms with van der Waals surface area (Å²) in [7, 11) is 0. The second-order valence-electron chi connectivity index (χ2n) is 4.89. The number of nitrogens with zero attached hydrogens (tertiary/aromatic N) is 1. The highest BCUT2D eigenvalue weighted by Crippen LogP contribution is 2.25. The highest BCUT2D eigenvalue weighted by molar-refractivity contribution is 9.10. The van der Waals surface area contributed by atoms with Gasteiger partial charge in [-0.05, 0) is 59.8 Å². The summed E-state index contributed by atoms with van der Waals surface area (Å²) in [4.78, 5) is 11.7. The fourth-order valence-electron chi connectivity index (χ4n) is 1.73. The fourth-order valence-corrected chi connectivity index (χ4v) is 2.34. The Morgan fingerprint density at radius 1 is 1.38 bits per heavy atom. The van der Waals surface area contributed by atoms with Gasteiger partial charge in [-0.2, -0.15) is 5.10 Å². The topological polar surface area (TPSA) is 50.7 Å². The van der Waals surface area contributed by atoms with Gasteiger partial charge in [0.15, 0.2) is 6.61 Å². The summed E-state index contributed by atoms with van der Waals surface area (Å²) in [5, 5.41) is 4.15. The van der Waals surface area contributed by atoms with Gasteiger partial charge in [-0.1, -0.05) is 26.3 Å². The number of hydrogen-bond donors (Lipinski definition) is 1. The lowest BCUT2D eigenvalue weighted by Crippen LogP contribution is -2.25. The summed E-state index contributed by atoms with van der Waals surface area (Å²) in [5.74, 6) is 0.409. The van der Waals surface area contributed by atoms with E-state index >= 15 is 0 Å². The van der Waals surface area contributed by atoms with Crippen LogP contribution in [-0.2, 0) is 4.79 Å². The molecule has 0 bridgehead atoms. The number of carbonyl (C=O) groups excluding carboxylic acids is 1. The van der Waals surface area contributed by atoms with E-state index in [1.54, 1.807) is 0 Å². The first kappa shape index (κ1) is 17.7. The first-order valence-corrected chi connectivity index (χ1v) is 8.09. The predicted molar refractivity (Wildman–Crippen MR) is 89.8 cm³/mol. The van der Waals surface area contributed by atoms with Gasteiger partial charge >= 0.3 is 0 Å². The van der Waals surface area contributed by atoms with Crippen LogP contribution in [0.1, 0.15) is 45.1 Å². The van der Waals surface area contributed by atoms with Gasteiger partial charge in [-0.25, -0.2) is 5.43 Å². The molecule has 116 valence electrons. The zero-order valence-electron chi connectivity index (χ0n) is 12.9. The van der Waals surface area contributed by atoms with Crippen LogP contribution in [0.3, 0.4) is 0 Å². The highest BCUT2D eigenvalue weighted by Gasteiger charge is 2.05. The van der Waals surface area contributed by atoms with E-state index in [9.17, 15) is 4.79 Å². The summed E-state index contributed by atoms with van der Waals surface area (Å²) < 4.78 is 6.32. The average molecular weight is 355 g/mol. The lowest BCUT2D eigenvalue weighted by molar-refractivity contribution is -0.123. The number of hydrazone groups is 1. The third kappa shape index (κ3) is 6.76. The lowest BCUT2D eigenvalue weighted by Gasteiger charge is -2.08. The van der Waals surface area contributed by atoms with Crippen LogP contribution in [0.25, 0.3) is 0 Å². The minimum Gasteiger partial charge on any atom is -0.483 e. The summed E-state index contributed by atoms with van der Waals surface area (Å²) in [5.41, 5.74) is 4.70. The SMILES string of the molecule is CCCC/C(CC)=N/NC(=O)COc1ccc(C)cc1Br. The van der Waals surface area contributed by atoms with Crippen LogP contribution in [0.4, 0.5) is 0 Å². The molecule has 0 aromatic heterocycles. The van der Waals surface area contributed by atoms with Crippen molar-refractivity contribution in [2.24, 2.45) is 5.10 Å². The number of halogens is 1. The van der Waals surface area contributed by atoms with Crippen molar-refractivity contribution in [2.75, 3.05) is 6.61 Å². The van der Waals surface area contributed by atoms with E-state index in [2.05, 4.69) is 33.4 Å². The van der Waals surface area contributed by atoms with Gasteiger partial charge in [0, 0.05) is 5.71 Å². The Kier molecular flexibility index (Phi) is 8.05. The van der Waals surface area contributed by atoms with E-state index in [1.807, 2.05) is 32.0 Å². The Morgan fingerprint density at radius 3 is 2.76 bits per heavy atom. The lowest BCUT2D eigenvalue weighted by atomic mass is 10.1. The van der Waals surface area contributed by atoms with Gasteiger partial charge in [-0.3, -0.25) is 4.79 Å². The van der Waals surface area contributed by atoms with Crippen molar-refractivity contribution >= 4 is 27.5 Å². The number of rotatable bonds is 8. The number of aryl methyl sites for hydroxylation is 1. The molecule has 21 heavy (non-hydrogen) atoms. The highest BCUT2D eigenvalue weighted by atomic mass is 79.9. The molecule has 0 saturated carbocycles. The van der Waals surface area contributed by atoms with Crippen molar-refractivity contribution in [2.45, 2.75) is 46.5 Å². The Labute approximate surface area is 135 Å². The summed E-state index contributed by atoms with van der Waals surface area (Å²) in [6.07, 6.45) is 4.00. The van der Waals surface area contributed by atoms with Crippen LogP contribution in [0.5, 0.6) is 5.75 Å². The molecule has 0 aliphatic carbocycles. The number of hydrogen-bond acceptors (Lipinski definition) is 3.